The van der Waals surface area contributed by atoms with Crippen molar-refractivity contribution >= 4 is 5.97 Å². The lowest BCUT2D eigenvalue weighted by Gasteiger charge is -2.21. The number of nitrogens with two attached hydrogens (primary N) is 1. The maximum atomic E-state index is 10.7. The van der Waals surface area contributed by atoms with E-state index in [2.05, 4.69) is 4.74 Å². The Hall–Kier alpha value is -0.610. The third-order valence-electron chi connectivity index (χ3n) is 1.25. The fraction of sp³-hybridized carbons (Fsp3) is 0.857. The smallest absolute Gasteiger partial charge is 0.307 e. The van der Waals surface area contributed by atoms with Crippen molar-refractivity contribution in [3.8, 4) is 0 Å². The number of hydrogen-bond acceptors (Lipinski definition) is 4. The van der Waals surface area contributed by atoms with E-state index in [1.807, 2.05) is 0 Å². The van der Waals surface area contributed by atoms with Crippen LogP contribution in [-0.2, 0) is 14.3 Å². The quantitative estimate of drug-likeness (QED) is 0.585. The summed E-state index contributed by atoms with van der Waals surface area (Å²) in [6.45, 7) is 2.09. The van der Waals surface area contributed by atoms with Crippen LogP contribution in [0.3, 0.4) is 0 Å². The summed E-state index contributed by atoms with van der Waals surface area (Å²) in [5, 5.41) is 0. The van der Waals surface area contributed by atoms with Gasteiger partial charge in [0.25, 0.3) is 0 Å². The van der Waals surface area contributed by atoms with Crippen LogP contribution in [0.5, 0.6) is 0 Å². The lowest BCUT2D eigenvalue weighted by molar-refractivity contribution is -0.142. The second-order valence-electron chi connectivity index (χ2n) is 2.84. The summed E-state index contributed by atoms with van der Waals surface area (Å²) in [5.74, 6) is -0.313. The molecule has 0 saturated heterocycles. The molecule has 0 spiro atoms. The summed E-state index contributed by atoms with van der Waals surface area (Å²) in [5.41, 5.74) is 5.05. The zero-order valence-corrected chi connectivity index (χ0v) is 7.22. The van der Waals surface area contributed by atoms with Gasteiger partial charge in [-0.05, 0) is 6.92 Å². The number of carbonyl (C=O) groups excluding carboxylic acids is 1. The molecule has 0 bridgehead atoms. The zero-order chi connectivity index (χ0) is 8.91. The Morgan fingerprint density at radius 1 is 1.55 bits per heavy atom. The predicted molar refractivity (Wildman–Crippen MR) is 41.1 cm³/mol. The van der Waals surface area contributed by atoms with Gasteiger partial charge in [0.1, 0.15) is 0 Å². The Morgan fingerprint density at radius 3 is 2.45 bits per heavy atom. The summed E-state index contributed by atoms with van der Waals surface area (Å²) in [6, 6.07) is 0. The van der Waals surface area contributed by atoms with E-state index in [-0.39, 0.29) is 12.4 Å². The highest BCUT2D eigenvalue weighted by molar-refractivity contribution is 5.70. The second kappa shape index (κ2) is 4.31. The molecule has 0 aromatic rings. The molecule has 1 atom stereocenters. The largest absolute Gasteiger partial charge is 0.469 e. The predicted octanol–water partition coefficient (Wildman–Crippen LogP) is -0.0867. The topological polar surface area (TPSA) is 61.5 Å². The van der Waals surface area contributed by atoms with Crippen LogP contribution in [0, 0.1) is 0 Å². The Balaban J connectivity index is 3.80. The van der Waals surface area contributed by atoms with E-state index < -0.39 is 5.54 Å². The molecule has 0 saturated carbocycles. The van der Waals surface area contributed by atoms with Crippen LogP contribution in [0.15, 0.2) is 0 Å². The molecule has 0 aliphatic rings. The molecule has 0 fully saturated rings. The lowest BCUT2D eigenvalue weighted by atomic mass is 10.0. The van der Waals surface area contributed by atoms with E-state index in [1.165, 1.54) is 7.11 Å². The van der Waals surface area contributed by atoms with Crippen molar-refractivity contribution in [1.29, 1.82) is 0 Å². The van der Waals surface area contributed by atoms with E-state index in [0.717, 1.165) is 0 Å². The van der Waals surface area contributed by atoms with E-state index in [1.54, 1.807) is 14.0 Å². The van der Waals surface area contributed by atoms with Gasteiger partial charge in [0.05, 0.1) is 20.1 Å². The molecular weight excluding hydrogens is 146 g/mol. The van der Waals surface area contributed by atoms with E-state index in [0.29, 0.717) is 6.61 Å². The molecule has 0 aromatic carbocycles. The summed E-state index contributed by atoms with van der Waals surface area (Å²) in [6.07, 6.45) is 0.178. The molecule has 0 unspecified atom stereocenters. The molecule has 4 nitrogen and oxygen atoms in total. The van der Waals surface area contributed by atoms with E-state index >= 15 is 0 Å². The molecule has 0 rings (SSSR count). The van der Waals surface area contributed by atoms with Gasteiger partial charge in [-0.15, -0.1) is 0 Å². The van der Waals surface area contributed by atoms with Crippen LogP contribution in [-0.4, -0.2) is 32.3 Å². The number of carbonyl (C=O) groups is 1. The van der Waals surface area contributed by atoms with Gasteiger partial charge in [0.15, 0.2) is 0 Å². The highest BCUT2D eigenvalue weighted by atomic mass is 16.5. The van der Waals surface area contributed by atoms with E-state index in [9.17, 15) is 4.79 Å². The first kappa shape index (κ1) is 10.4. The first-order chi connectivity index (χ1) is 5.02. The Morgan fingerprint density at radius 2 is 2.09 bits per heavy atom. The highest BCUT2D eigenvalue weighted by Crippen LogP contribution is 2.06. The van der Waals surface area contributed by atoms with Crippen molar-refractivity contribution in [2.45, 2.75) is 18.9 Å². The van der Waals surface area contributed by atoms with Crippen molar-refractivity contribution in [1.82, 2.24) is 0 Å². The fourth-order valence-electron chi connectivity index (χ4n) is 0.783. The highest BCUT2D eigenvalue weighted by Gasteiger charge is 2.22. The van der Waals surface area contributed by atoms with Gasteiger partial charge in [0.2, 0.25) is 0 Å². The minimum atomic E-state index is -0.623. The lowest BCUT2D eigenvalue weighted by Crippen LogP contribution is -2.43. The number of methoxy groups -OCH3 is 2. The molecule has 2 N–H and O–H groups in total. The van der Waals surface area contributed by atoms with Crippen molar-refractivity contribution in [3.63, 3.8) is 0 Å². The average molecular weight is 161 g/mol. The first-order valence-corrected chi connectivity index (χ1v) is 3.36. The SMILES string of the molecule is COC[C@](C)(N)CC(=O)OC. The fourth-order valence-corrected chi connectivity index (χ4v) is 0.783. The van der Waals surface area contributed by atoms with Crippen LogP contribution in [0.4, 0.5) is 0 Å². The number of rotatable bonds is 4. The van der Waals surface area contributed by atoms with Crippen molar-refractivity contribution in [2.24, 2.45) is 5.73 Å². The number of esters is 1. The first-order valence-electron chi connectivity index (χ1n) is 3.36. The van der Waals surface area contributed by atoms with Gasteiger partial charge in [-0.2, -0.15) is 0 Å². The van der Waals surface area contributed by atoms with Crippen LogP contribution in [0.1, 0.15) is 13.3 Å². The second-order valence-corrected chi connectivity index (χ2v) is 2.84. The third-order valence-corrected chi connectivity index (χ3v) is 1.25. The molecule has 0 aliphatic heterocycles. The van der Waals surface area contributed by atoms with Crippen LogP contribution in [0.2, 0.25) is 0 Å². The maximum Gasteiger partial charge on any atom is 0.307 e. The molecule has 0 aromatic heterocycles. The minimum Gasteiger partial charge on any atom is -0.469 e. The Kier molecular flexibility index (Phi) is 4.07. The Bertz CT molecular complexity index is 134. The zero-order valence-electron chi connectivity index (χ0n) is 7.22. The molecular formula is C7H15NO3. The van der Waals surface area contributed by atoms with Crippen LogP contribution in [0.25, 0.3) is 0 Å². The van der Waals surface area contributed by atoms with Gasteiger partial charge in [-0.1, -0.05) is 0 Å². The van der Waals surface area contributed by atoms with Gasteiger partial charge in [-0.25, -0.2) is 0 Å². The van der Waals surface area contributed by atoms with Gasteiger partial charge >= 0.3 is 5.97 Å². The van der Waals surface area contributed by atoms with Crippen molar-refractivity contribution < 1.29 is 14.3 Å². The normalized spacial score (nSPS) is 15.6. The minimum absolute atomic E-state index is 0.178. The summed E-state index contributed by atoms with van der Waals surface area (Å²) in [7, 11) is 2.88. The summed E-state index contributed by atoms with van der Waals surface area (Å²) < 4.78 is 9.28. The average Bonchev–Trinajstić information content (AvgIpc) is 1.86. The van der Waals surface area contributed by atoms with Crippen molar-refractivity contribution in [2.75, 3.05) is 20.8 Å². The molecule has 0 heterocycles. The molecule has 66 valence electrons. The number of hydrogen-bond donors (Lipinski definition) is 1. The standard InChI is InChI=1S/C7H15NO3/c1-7(8,5-10-2)4-6(9)11-3/h4-5,8H2,1-3H3/t7-/m1/s1. The molecule has 0 aliphatic carbocycles. The monoisotopic (exact) mass is 161 g/mol. The van der Waals surface area contributed by atoms with Crippen molar-refractivity contribution in [3.05, 3.63) is 0 Å². The Labute approximate surface area is 66.7 Å². The van der Waals surface area contributed by atoms with Gasteiger partial charge < -0.3 is 15.2 Å². The van der Waals surface area contributed by atoms with Gasteiger partial charge in [-0.3, -0.25) is 4.79 Å². The molecule has 4 heteroatoms. The molecule has 0 radical (unpaired) electrons. The van der Waals surface area contributed by atoms with Crippen LogP contribution >= 0.6 is 0 Å². The van der Waals surface area contributed by atoms with Crippen LogP contribution < -0.4 is 5.73 Å². The van der Waals surface area contributed by atoms with E-state index in [4.69, 9.17) is 10.5 Å². The summed E-state index contributed by atoms with van der Waals surface area (Å²) >= 11 is 0. The molecule has 0 amide bonds. The third kappa shape index (κ3) is 4.75. The maximum absolute atomic E-state index is 10.7. The number of ether oxygens (including phenoxy) is 2. The summed E-state index contributed by atoms with van der Waals surface area (Å²) in [4.78, 5) is 10.7. The molecule has 11 heavy (non-hydrogen) atoms. The van der Waals surface area contributed by atoms with Gasteiger partial charge in [0, 0.05) is 12.6 Å².